The van der Waals surface area contributed by atoms with Gasteiger partial charge in [0.2, 0.25) is 0 Å². The molecule has 1 aromatic carbocycles. The van der Waals surface area contributed by atoms with Gasteiger partial charge in [0.1, 0.15) is 0 Å². The van der Waals surface area contributed by atoms with E-state index in [1.54, 1.807) is 0 Å². The molecular weight excluding hydrogens is 256 g/mol. The quantitative estimate of drug-likeness (QED) is 0.807. The molecule has 0 heterocycles. The molecule has 2 nitrogen and oxygen atoms in total. The fourth-order valence-corrected chi connectivity index (χ4v) is 2.63. The maximum Gasteiger partial charge on any atom is 0.0449 e. The molecule has 21 heavy (non-hydrogen) atoms. The van der Waals surface area contributed by atoms with Gasteiger partial charge in [-0.25, -0.2) is 0 Å². The molecule has 120 valence electrons. The Morgan fingerprint density at radius 3 is 2.10 bits per heavy atom. The molecule has 0 fully saturated rings. The minimum atomic E-state index is 0.303. The van der Waals surface area contributed by atoms with E-state index in [1.807, 2.05) is 0 Å². The fourth-order valence-electron chi connectivity index (χ4n) is 2.63. The molecule has 1 N–H and O–H groups in total. The van der Waals surface area contributed by atoms with Gasteiger partial charge < -0.3 is 10.2 Å². The van der Waals surface area contributed by atoms with E-state index in [-0.39, 0.29) is 0 Å². The summed E-state index contributed by atoms with van der Waals surface area (Å²) in [5, 5.41) is 3.63. The Kier molecular flexibility index (Phi) is 6.89. The van der Waals surface area contributed by atoms with Crippen LogP contribution in [-0.4, -0.2) is 31.1 Å². The molecule has 1 aromatic rings. The molecule has 0 aliphatic heterocycles. The summed E-state index contributed by atoms with van der Waals surface area (Å²) in [7, 11) is 2.24. The predicted octanol–water partition coefficient (Wildman–Crippen LogP) is 4.27. The lowest BCUT2D eigenvalue weighted by Crippen LogP contribution is -2.43. The lowest BCUT2D eigenvalue weighted by atomic mass is 9.87. The third-order valence-electron chi connectivity index (χ3n) is 4.63. The van der Waals surface area contributed by atoms with Gasteiger partial charge in [0, 0.05) is 18.6 Å². The summed E-state index contributed by atoms with van der Waals surface area (Å²) in [5.74, 6) is 0. The average molecular weight is 290 g/mol. The summed E-state index contributed by atoms with van der Waals surface area (Å²) < 4.78 is 0. The second-order valence-corrected chi connectivity index (χ2v) is 7.19. The van der Waals surface area contributed by atoms with Gasteiger partial charge in [-0.1, -0.05) is 58.9 Å². The van der Waals surface area contributed by atoms with E-state index in [1.165, 1.54) is 11.1 Å². The summed E-state index contributed by atoms with van der Waals surface area (Å²) in [5.41, 5.74) is 3.10. The second kappa shape index (κ2) is 7.95. The van der Waals surface area contributed by atoms with Gasteiger partial charge in [0.05, 0.1) is 0 Å². The highest BCUT2D eigenvalue weighted by Crippen LogP contribution is 2.25. The van der Waals surface area contributed by atoms with E-state index < -0.39 is 0 Å². The molecule has 2 heteroatoms. The minimum Gasteiger partial charge on any atom is -0.309 e. The zero-order chi connectivity index (χ0) is 16.0. The Balaban J connectivity index is 2.81. The van der Waals surface area contributed by atoms with Crippen LogP contribution in [0.2, 0.25) is 0 Å². The van der Waals surface area contributed by atoms with Crippen molar-refractivity contribution in [3.8, 4) is 0 Å². The first-order chi connectivity index (χ1) is 9.79. The van der Waals surface area contributed by atoms with Gasteiger partial charge >= 0.3 is 0 Å². The Bertz CT molecular complexity index is 403. The molecule has 1 rings (SSSR count). The molecule has 0 amide bonds. The largest absolute Gasteiger partial charge is 0.309 e. The number of nitrogens with one attached hydrogen (secondary N) is 1. The van der Waals surface area contributed by atoms with E-state index in [0.29, 0.717) is 17.5 Å². The molecule has 0 aromatic heterocycles. The molecule has 0 saturated heterocycles. The number of nitrogens with zero attached hydrogens (tertiary/aromatic N) is 1. The molecule has 0 radical (unpaired) electrons. The van der Waals surface area contributed by atoms with Gasteiger partial charge in [-0.2, -0.15) is 0 Å². The lowest BCUT2D eigenvalue weighted by Gasteiger charge is -2.37. The molecule has 0 bridgehead atoms. The van der Waals surface area contributed by atoms with Crippen LogP contribution in [0.4, 0.5) is 0 Å². The summed E-state index contributed by atoms with van der Waals surface area (Å²) >= 11 is 0. The molecule has 0 aliphatic rings. The van der Waals surface area contributed by atoms with Crippen LogP contribution in [0.25, 0.3) is 0 Å². The fraction of sp³-hybridized carbons (Fsp3) is 0.684. The van der Waals surface area contributed by atoms with E-state index >= 15 is 0 Å². The van der Waals surface area contributed by atoms with Crippen molar-refractivity contribution in [3.63, 3.8) is 0 Å². The zero-order valence-corrected chi connectivity index (χ0v) is 15.0. The van der Waals surface area contributed by atoms with Gasteiger partial charge in [-0.3, -0.25) is 0 Å². The topological polar surface area (TPSA) is 15.3 Å². The Morgan fingerprint density at radius 1 is 1.10 bits per heavy atom. The van der Waals surface area contributed by atoms with Crippen molar-refractivity contribution >= 4 is 0 Å². The molecule has 2 atom stereocenters. The van der Waals surface area contributed by atoms with Crippen LogP contribution in [-0.2, 0) is 6.42 Å². The van der Waals surface area contributed by atoms with Crippen LogP contribution in [0, 0.1) is 5.41 Å². The van der Waals surface area contributed by atoms with Gasteiger partial charge in [-0.15, -0.1) is 0 Å². The standard InChI is InChI=1S/C19H34N2/c1-8-16-10-12-17(13-11-16)18(20-9-2)14-21(7)15(3)19(4,5)6/h10-13,15,18,20H,8-9,14H2,1-7H3. The maximum absolute atomic E-state index is 3.63. The highest BCUT2D eigenvalue weighted by molar-refractivity contribution is 5.25. The van der Waals surface area contributed by atoms with Gasteiger partial charge in [-0.05, 0) is 43.5 Å². The van der Waals surface area contributed by atoms with Gasteiger partial charge in [0.25, 0.3) is 0 Å². The summed E-state index contributed by atoms with van der Waals surface area (Å²) in [6, 6.07) is 10.0. The van der Waals surface area contributed by atoms with Crippen molar-refractivity contribution in [2.75, 3.05) is 20.1 Å². The smallest absolute Gasteiger partial charge is 0.0449 e. The van der Waals surface area contributed by atoms with Crippen LogP contribution < -0.4 is 5.32 Å². The molecular formula is C19H34N2. The summed E-state index contributed by atoms with van der Waals surface area (Å²) in [4.78, 5) is 2.47. The number of aryl methyl sites for hydroxylation is 1. The van der Waals surface area contributed by atoms with Crippen LogP contribution in [0.5, 0.6) is 0 Å². The number of rotatable bonds is 7. The van der Waals surface area contributed by atoms with Crippen molar-refractivity contribution in [2.45, 2.75) is 60.0 Å². The van der Waals surface area contributed by atoms with Crippen molar-refractivity contribution in [3.05, 3.63) is 35.4 Å². The van der Waals surface area contributed by atoms with E-state index in [9.17, 15) is 0 Å². The summed E-state index contributed by atoms with van der Waals surface area (Å²) in [6.07, 6.45) is 1.10. The predicted molar refractivity (Wildman–Crippen MR) is 93.8 cm³/mol. The van der Waals surface area contributed by atoms with Crippen LogP contribution in [0.15, 0.2) is 24.3 Å². The average Bonchev–Trinajstić information content (AvgIpc) is 2.45. The first-order valence-corrected chi connectivity index (χ1v) is 8.32. The SMILES string of the molecule is CCNC(CN(C)C(C)C(C)(C)C)c1ccc(CC)cc1. The molecule has 0 aliphatic carbocycles. The Hall–Kier alpha value is -0.860. The number of hydrogen-bond acceptors (Lipinski definition) is 2. The van der Waals surface area contributed by atoms with E-state index in [2.05, 4.69) is 83.1 Å². The number of hydrogen-bond donors (Lipinski definition) is 1. The highest BCUT2D eigenvalue weighted by atomic mass is 15.2. The molecule has 0 saturated carbocycles. The lowest BCUT2D eigenvalue weighted by molar-refractivity contribution is 0.129. The van der Waals surface area contributed by atoms with Crippen molar-refractivity contribution in [1.29, 1.82) is 0 Å². The van der Waals surface area contributed by atoms with Gasteiger partial charge in [0.15, 0.2) is 0 Å². The number of likely N-dealkylation sites (N-methyl/N-ethyl adjacent to an activating group) is 2. The second-order valence-electron chi connectivity index (χ2n) is 7.19. The van der Waals surface area contributed by atoms with Crippen LogP contribution in [0.3, 0.4) is 0 Å². The molecule has 0 spiro atoms. The Labute approximate surface area is 131 Å². The van der Waals surface area contributed by atoms with Crippen LogP contribution in [0.1, 0.15) is 58.7 Å². The van der Waals surface area contributed by atoms with E-state index in [0.717, 1.165) is 19.5 Å². The van der Waals surface area contributed by atoms with E-state index in [4.69, 9.17) is 0 Å². The monoisotopic (exact) mass is 290 g/mol. The van der Waals surface area contributed by atoms with Crippen molar-refractivity contribution in [2.24, 2.45) is 5.41 Å². The highest BCUT2D eigenvalue weighted by Gasteiger charge is 2.25. The van der Waals surface area contributed by atoms with Crippen LogP contribution >= 0.6 is 0 Å². The molecule has 2 unspecified atom stereocenters. The maximum atomic E-state index is 3.63. The first-order valence-electron chi connectivity index (χ1n) is 8.32. The van der Waals surface area contributed by atoms with Crippen molar-refractivity contribution < 1.29 is 0 Å². The summed E-state index contributed by atoms with van der Waals surface area (Å²) in [6.45, 7) is 15.7. The van der Waals surface area contributed by atoms with Crippen molar-refractivity contribution in [1.82, 2.24) is 10.2 Å². The minimum absolute atomic E-state index is 0.303. The number of benzene rings is 1. The first kappa shape index (κ1) is 18.2. The third kappa shape index (κ3) is 5.44. The Morgan fingerprint density at radius 2 is 1.67 bits per heavy atom. The normalized spacial score (nSPS) is 15.2. The third-order valence-corrected chi connectivity index (χ3v) is 4.63. The zero-order valence-electron chi connectivity index (χ0n) is 15.0.